The Labute approximate surface area is 155 Å². The molecule has 7 heteroatoms. The van der Waals surface area contributed by atoms with Crippen LogP contribution in [0.3, 0.4) is 0 Å². The Morgan fingerprint density at radius 1 is 1.16 bits per heavy atom. The van der Waals surface area contributed by atoms with Crippen molar-refractivity contribution in [1.82, 2.24) is 14.8 Å². The van der Waals surface area contributed by atoms with Crippen LogP contribution in [0.4, 0.5) is 0 Å². The van der Waals surface area contributed by atoms with Gasteiger partial charge in [-0.3, -0.25) is 4.57 Å². The SMILES string of the molecule is N#CCCCCSc1nnc(-c2ccc(Cl)cc2)n1Cc1ccco1. The van der Waals surface area contributed by atoms with Crippen molar-refractivity contribution in [3.8, 4) is 17.5 Å². The number of furan rings is 1. The number of benzene rings is 1. The lowest BCUT2D eigenvalue weighted by Gasteiger charge is -2.09. The Kier molecular flexibility index (Phi) is 6.15. The largest absolute Gasteiger partial charge is 0.467 e. The van der Waals surface area contributed by atoms with Gasteiger partial charge in [-0.1, -0.05) is 23.4 Å². The third-order valence-electron chi connectivity index (χ3n) is 3.63. The van der Waals surface area contributed by atoms with Crippen molar-refractivity contribution in [3.05, 3.63) is 53.4 Å². The smallest absolute Gasteiger partial charge is 0.191 e. The van der Waals surface area contributed by atoms with Crippen molar-refractivity contribution in [2.24, 2.45) is 0 Å². The number of nitrogens with zero attached hydrogens (tertiary/aromatic N) is 4. The van der Waals surface area contributed by atoms with Gasteiger partial charge in [-0.15, -0.1) is 10.2 Å². The van der Waals surface area contributed by atoms with E-state index in [4.69, 9.17) is 21.3 Å². The Bertz CT molecular complexity index is 837. The first-order valence-corrected chi connectivity index (χ1v) is 9.35. The van der Waals surface area contributed by atoms with Crippen LogP contribution in [-0.4, -0.2) is 20.5 Å². The van der Waals surface area contributed by atoms with Crippen LogP contribution < -0.4 is 0 Å². The van der Waals surface area contributed by atoms with E-state index >= 15 is 0 Å². The Balaban J connectivity index is 1.82. The molecule has 0 aliphatic carbocycles. The van der Waals surface area contributed by atoms with Gasteiger partial charge in [-0.2, -0.15) is 5.26 Å². The zero-order valence-electron chi connectivity index (χ0n) is 13.6. The van der Waals surface area contributed by atoms with Crippen LogP contribution >= 0.6 is 23.4 Å². The molecule has 25 heavy (non-hydrogen) atoms. The van der Waals surface area contributed by atoms with E-state index in [1.54, 1.807) is 18.0 Å². The molecule has 0 radical (unpaired) electrons. The molecule has 0 bridgehead atoms. The van der Waals surface area contributed by atoms with E-state index in [1.807, 2.05) is 36.4 Å². The van der Waals surface area contributed by atoms with Gasteiger partial charge in [0.15, 0.2) is 11.0 Å². The molecule has 1 aromatic carbocycles. The summed E-state index contributed by atoms with van der Waals surface area (Å²) in [6, 6.07) is 13.5. The summed E-state index contributed by atoms with van der Waals surface area (Å²) in [5, 5.41) is 18.9. The summed E-state index contributed by atoms with van der Waals surface area (Å²) < 4.78 is 7.54. The molecule has 0 aliphatic rings. The lowest BCUT2D eigenvalue weighted by molar-refractivity contribution is 0.485. The second-order valence-electron chi connectivity index (χ2n) is 5.44. The lowest BCUT2D eigenvalue weighted by Crippen LogP contribution is -2.03. The fourth-order valence-corrected chi connectivity index (χ4v) is 3.44. The molecule has 0 unspecified atom stereocenters. The fraction of sp³-hybridized carbons (Fsp3) is 0.278. The highest BCUT2D eigenvalue weighted by Gasteiger charge is 2.15. The van der Waals surface area contributed by atoms with E-state index in [0.717, 1.165) is 40.9 Å². The highest BCUT2D eigenvalue weighted by molar-refractivity contribution is 7.99. The monoisotopic (exact) mass is 372 g/mol. The number of rotatable bonds is 8. The number of halogens is 1. The Morgan fingerprint density at radius 3 is 2.72 bits per heavy atom. The van der Waals surface area contributed by atoms with Crippen LogP contribution in [0.5, 0.6) is 0 Å². The Morgan fingerprint density at radius 2 is 2.00 bits per heavy atom. The van der Waals surface area contributed by atoms with E-state index in [1.165, 1.54) is 0 Å². The molecule has 5 nitrogen and oxygen atoms in total. The molecule has 3 aromatic rings. The average Bonchev–Trinajstić information content (AvgIpc) is 3.27. The van der Waals surface area contributed by atoms with Crippen molar-refractivity contribution in [2.45, 2.75) is 31.0 Å². The van der Waals surface area contributed by atoms with Gasteiger partial charge in [0.05, 0.1) is 18.9 Å². The van der Waals surface area contributed by atoms with Crippen molar-refractivity contribution in [1.29, 1.82) is 5.26 Å². The molecular formula is C18H17ClN4OS. The summed E-state index contributed by atoms with van der Waals surface area (Å²) >= 11 is 7.63. The van der Waals surface area contributed by atoms with Gasteiger partial charge in [-0.05, 0) is 49.2 Å². The number of unbranched alkanes of at least 4 members (excludes halogenated alkanes) is 2. The first kappa shape index (κ1) is 17.6. The summed E-state index contributed by atoms with van der Waals surface area (Å²) in [5.41, 5.74) is 0.958. The zero-order valence-corrected chi connectivity index (χ0v) is 15.1. The minimum absolute atomic E-state index is 0.568. The molecule has 128 valence electrons. The summed E-state index contributed by atoms with van der Waals surface area (Å²) in [6.07, 6.45) is 4.13. The zero-order chi connectivity index (χ0) is 17.5. The van der Waals surface area contributed by atoms with E-state index < -0.39 is 0 Å². The predicted molar refractivity (Wildman–Crippen MR) is 98.5 cm³/mol. The van der Waals surface area contributed by atoms with Crippen LogP contribution in [0.25, 0.3) is 11.4 Å². The van der Waals surface area contributed by atoms with E-state index in [9.17, 15) is 0 Å². The van der Waals surface area contributed by atoms with Crippen LogP contribution in [0.15, 0.2) is 52.2 Å². The molecule has 2 aromatic heterocycles. The number of nitriles is 1. The summed E-state index contributed by atoms with van der Waals surface area (Å²) in [7, 11) is 0. The van der Waals surface area contributed by atoms with E-state index in [0.29, 0.717) is 18.0 Å². The van der Waals surface area contributed by atoms with Gasteiger partial charge in [0.2, 0.25) is 0 Å². The van der Waals surface area contributed by atoms with Crippen LogP contribution in [0.1, 0.15) is 25.0 Å². The summed E-state index contributed by atoms with van der Waals surface area (Å²) in [5.74, 6) is 2.53. The topological polar surface area (TPSA) is 67.6 Å². The van der Waals surface area contributed by atoms with Crippen molar-refractivity contribution < 1.29 is 4.42 Å². The molecule has 0 saturated heterocycles. The van der Waals surface area contributed by atoms with Gasteiger partial charge >= 0.3 is 0 Å². The molecular weight excluding hydrogens is 356 g/mol. The van der Waals surface area contributed by atoms with Gasteiger partial charge in [0, 0.05) is 22.8 Å². The van der Waals surface area contributed by atoms with Crippen LogP contribution in [0, 0.1) is 11.3 Å². The minimum Gasteiger partial charge on any atom is -0.467 e. The molecule has 0 saturated carbocycles. The minimum atomic E-state index is 0.568. The van der Waals surface area contributed by atoms with Crippen molar-refractivity contribution in [3.63, 3.8) is 0 Å². The molecule has 0 amide bonds. The molecule has 2 heterocycles. The third kappa shape index (κ3) is 4.65. The van der Waals surface area contributed by atoms with E-state index in [2.05, 4.69) is 20.8 Å². The summed E-state index contributed by atoms with van der Waals surface area (Å²) in [4.78, 5) is 0. The summed E-state index contributed by atoms with van der Waals surface area (Å²) in [6.45, 7) is 0.568. The van der Waals surface area contributed by atoms with Gasteiger partial charge < -0.3 is 4.42 Å². The number of hydrogen-bond donors (Lipinski definition) is 0. The molecule has 0 fully saturated rings. The quantitative estimate of drug-likeness (QED) is 0.410. The molecule has 0 atom stereocenters. The second-order valence-corrected chi connectivity index (χ2v) is 6.94. The molecule has 3 rings (SSSR count). The van der Waals surface area contributed by atoms with Gasteiger partial charge in [0.1, 0.15) is 5.76 Å². The van der Waals surface area contributed by atoms with Gasteiger partial charge in [-0.25, -0.2) is 0 Å². The normalized spacial score (nSPS) is 10.7. The van der Waals surface area contributed by atoms with Crippen molar-refractivity contribution >= 4 is 23.4 Å². The van der Waals surface area contributed by atoms with Crippen LogP contribution in [0.2, 0.25) is 5.02 Å². The third-order valence-corrected chi connectivity index (χ3v) is 4.93. The lowest BCUT2D eigenvalue weighted by atomic mass is 10.2. The maximum atomic E-state index is 8.62. The number of thioether (sulfide) groups is 1. The highest BCUT2D eigenvalue weighted by atomic mass is 35.5. The standard InChI is InChI=1S/C18H17ClN4OS/c19-15-8-6-14(7-9-15)17-21-22-18(25-12-3-1-2-10-20)23(17)13-16-5-4-11-24-16/h4-9,11H,1-3,12-13H2. The fourth-order valence-electron chi connectivity index (χ4n) is 2.38. The first-order chi connectivity index (χ1) is 12.3. The average molecular weight is 373 g/mol. The molecule has 0 aliphatic heterocycles. The van der Waals surface area contributed by atoms with Crippen LogP contribution in [-0.2, 0) is 6.54 Å². The maximum Gasteiger partial charge on any atom is 0.191 e. The first-order valence-electron chi connectivity index (χ1n) is 7.99. The van der Waals surface area contributed by atoms with Gasteiger partial charge in [0.25, 0.3) is 0 Å². The van der Waals surface area contributed by atoms with E-state index in [-0.39, 0.29) is 0 Å². The molecule has 0 spiro atoms. The second kappa shape index (κ2) is 8.75. The maximum absolute atomic E-state index is 8.62. The number of aromatic nitrogens is 3. The Hall–Kier alpha value is -2.23. The highest BCUT2D eigenvalue weighted by Crippen LogP contribution is 2.27. The molecule has 0 N–H and O–H groups in total. The number of hydrogen-bond acceptors (Lipinski definition) is 5. The predicted octanol–water partition coefficient (Wildman–Crippen LogP) is 5.03. The van der Waals surface area contributed by atoms with Crippen molar-refractivity contribution in [2.75, 3.05) is 5.75 Å².